The lowest BCUT2D eigenvalue weighted by Crippen LogP contribution is -2.43. The second kappa shape index (κ2) is 6.55. The van der Waals surface area contributed by atoms with E-state index in [1.165, 1.54) is 11.1 Å². The van der Waals surface area contributed by atoms with Crippen molar-refractivity contribution >= 4 is 28.5 Å². The quantitative estimate of drug-likeness (QED) is 0.731. The molecule has 3 aromatic rings. The van der Waals surface area contributed by atoms with E-state index in [0.29, 0.717) is 18.5 Å². The van der Waals surface area contributed by atoms with E-state index in [0.717, 1.165) is 11.2 Å². The Morgan fingerprint density at radius 2 is 1.77 bits per heavy atom. The largest absolute Gasteiger partial charge is 0.328 e. The van der Waals surface area contributed by atoms with Gasteiger partial charge in [-0.25, -0.2) is 4.98 Å². The lowest BCUT2D eigenvalue weighted by atomic mass is 10.2. The fraction of sp³-hybridized carbons (Fsp3) is 0.200. The van der Waals surface area contributed by atoms with E-state index < -0.39 is 6.04 Å². The monoisotopic (exact) mass is 346 g/mol. The molecule has 6 heteroatoms. The molecule has 1 atom stereocenters. The summed E-state index contributed by atoms with van der Waals surface area (Å²) in [6.45, 7) is 0.592. The van der Waals surface area contributed by atoms with E-state index in [-0.39, 0.29) is 17.5 Å². The molecular weight excluding hydrogens is 328 g/mol. The molecule has 1 saturated heterocycles. The number of hydrogen-bond donors (Lipinski definition) is 0. The van der Waals surface area contributed by atoms with Crippen LogP contribution in [0.2, 0.25) is 0 Å². The summed E-state index contributed by atoms with van der Waals surface area (Å²) in [6, 6.07) is 16.4. The molecule has 1 aromatic heterocycles. The average Bonchev–Trinajstić information content (AvgIpc) is 3.08. The maximum Gasteiger partial charge on any atom is 0.274 e. The molecule has 0 bridgehead atoms. The van der Waals surface area contributed by atoms with E-state index in [1.54, 1.807) is 11.9 Å². The van der Waals surface area contributed by atoms with Gasteiger partial charge in [0.25, 0.3) is 5.91 Å². The number of rotatable bonds is 3. The van der Waals surface area contributed by atoms with Gasteiger partial charge in [0.05, 0.1) is 17.2 Å². The van der Waals surface area contributed by atoms with Crippen molar-refractivity contribution < 1.29 is 9.59 Å². The molecule has 6 nitrogen and oxygen atoms in total. The van der Waals surface area contributed by atoms with Crippen LogP contribution in [-0.4, -0.2) is 46.3 Å². The fourth-order valence-electron chi connectivity index (χ4n) is 3.27. The minimum Gasteiger partial charge on any atom is -0.328 e. The van der Waals surface area contributed by atoms with Crippen LogP contribution in [0.1, 0.15) is 16.9 Å². The van der Waals surface area contributed by atoms with Gasteiger partial charge in [0, 0.05) is 19.3 Å². The van der Waals surface area contributed by atoms with Gasteiger partial charge in [0.1, 0.15) is 11.7 Å². The molecule has 4 rings (SSSR count). The van der Waals surface area contributed by atoms with E-state index in [2.05, 4.69) is 9.97 Å². The molecule has 0 N–H and O–H groups in total. The second-order valence-electron chi connectivity index (χ2n) is 6.29. The topological polar surface area (TPSA) is 66.4 Å². The van der Waals surface area contributed by atoms with Gasteiger partial charge in [0.15, 0.2) is 0 Å². The van der Waals surface area contributed by atoms with Crippen molar-refractivity contribution in [1.82, 2.24) is 14.9 Å². The number of nitrogens with zero attached hydrogens (tertiary/aromatic N) is 4. The first kappa shape index (κ1) is 16.2. The Labute approximate surface area is 151 Å². The lowest BCUT2D eigenvalue weighted by molar-refractivity contribution is -0.120. The Morgan fingerprint density at radius 3 is 2.54 bits per heavy atom. The molecule has 1 aliphatic rings. The van der Waals surface area contributed by atoms with Crippen LogP contribution in [0.25, 0.3) is 11.0 Å². The summed E-state index contributed by atoms with van der Waals surface area (Å²) in [7, 11) is 1.65. The van der Waals surface area contributed by atoms with Gasteiger partial charge < -0.3 is 9.80 Å². The van der Waals surface area contributed by atoms with Crippen LogP contribution < -0.4 is 4.90 Å². The maximum absolute atomic E-state index is 12.8. The van der Waals surface area contributed by atoms with Gasteiger partial charge >= 0.3 is 0 Å². The molecule has 26 heavy (non-hydrogen) atoms. The third kappa shape index (κ3) is 2.79. The number of likely N-dealkylation sites (N-methyl/N-ethyl adjacent to an activating group) is 1. The first-order valence-corrected chi connectivity index (χ1v) is 8.50. The van der Waals surface area contributed by atoms with Gasteiger partial charge in [-0.05, 0) is 30.7 Å². The summed E-state index contributed by atoms with van der Waals surface area (Å²) in [4.78, 5) is 37.5. The highest BCUT2D eigenvalue weighted by Crippen LogP contribution is 2.24. The van der Waals surface area contributed by atoms with Crippen molar-refractivity contribution in [2.24, 2.45) is 0 Å². The highest BCUT2D eigenvalue weighted by atomic mass is 16.2. The first-order valence-electron chi connectivity index (χ1n) is 8.50. The number of amides is 2. The molecule has 0 unspecified atom stereocenters. The van der Waals surface area contributed by atoms with E-state index in [9.17, 15) is 9.59 Å². The Morgan fingerprint density at radius 1 is 1.08 bits per heavy atom. The molecule has 0 spiro atoms. The van der Waals surface area contributed by atoms with Gasteiger partial charge in [-0.3, -0.25) is 14.6 Å². The standard InChI is InChI=1S/C20H18N4O2/c1-23(18-11-12-24(20(18)26)14-7-3-2-4-8-14)19(25)17-13-21-15-9-5-6-10-16(15)22-17/h2-10,13,18H,11-12H2,1H3/t18-/m1/s1. The Hall–Kier alpha value is -3.28. The predicted octanol–water partition coefficient (Wildman–Crippen LogP) is 2.51. The smallest absolute Gasteiger partial charge is 0.274 e. The number of hydrogen-bond acceptors (Lipinski definition) is 4. The molecule has 1 fully saturated rings. The fourth-order valence-corrected chi connectivity index (χ4v) is 3.27. The van der Waals surface area contributed by atoms with E-state index in [1.807, 2.05) is 54.6 Å². The van der Waals surface area contributed by atoms with Crippen LogP contribution in [0.5, 0.6) is 0 Å². The molecular formula is C20H18N4O2. The number of fused-ring (bicyclic) bond motifs is 1. The van der Waals surface area contributed by atoms with Crippen molar-refractivity contribution in [2.75, 3.05) is 18.5 Å². The number of para-hydroxylation sites is 3. The van der Waals surface area contributed by atoms with Gasteiger partial charge in [-0.1, -0.05) is 30.3 Å². The number of aromatic nitrogens is 2. The van der Waals surface area contributed by atoms with Gasteiger partial charge in [-0.2, -0.15) is 0 Å². The zero-order valence-electron chi connectivity index (χ0n) is 14.4. The molecule has 2 aromatic carbocycles. The van der Waals surface area contributed by atoms with Crippen LogP contribution in [0.4, 0.5) is 5.69 Å². The van der Waals surface area contributed by atoms with Gasteiger partial charge in [-0.15, -0.1) is 0 Å². The lowest BCUT2D eigenvalue weighted by Gasteiger charge is -2.23. The number of carbonyl (C=O) groups excluding carboxylic acids is 2. The summed E-state index contributed by atoms with van der Waals surface area (Å²) in [5.74, 6) is -0.364. The molecule has 0 aliphatic carbocycles. The minimum absolute atomic E-state index is 0.0687. The summed E-state index contributed by atoms with van der Waals surface area (Å²) >= 11 is 0. The van der Waals surface area contributed by atoms with Crippen molar-refractivity contribution in [3.8, 4) is 0 Å². The van der Waals surface area contributed by atoms with E-state index in [4.69, 9.17) is 0 Å². The Bertz CT molecular complexity index is 974. The van der Waals surface area contributed by atoms with Crippen LogP contribution in [0, 0.1) is 0 Å². The van der Waals surface area contributed by atoms with Gasteiger partial charge in [0.2, 0.25) is 5.91 Å². The number of carbonyl (C=O) groups is 2. The van der Waals surface area contributed by atoms with Crippen molar-refractivity contribution in [1.29, 1.82) is 0 Å². The highest BCUT2D eigenvalue weighted by Gasteiger charge is 2.37. The number of anilines is 1. The third-order valence-electron chi connectivity index (χ3n) is 4.70. The molecule has 130 valence electrons. The van der Waals surface area contributed by atoms with Crippen LogP contribution in [-0.2, 0) is 4.79 Å². The summed E-state index contributed by atoms with van der Waals surface area (Å²) in [5, 5.41) is 0. The highest BCUT2D eigenvalue weighted by molar-refractivity contribution is 6.03. The van der Waals surface area contributed by atoms with E-state index >= 15 is 0 Å². The third-order valence-corrected chi connectivity index (χ3v) is 4.70. The molecule has 2 amide bonds. The summed E-state index contributed by atoms with van der Waals surface area (Å²) in [6.07, 6.45) is 2.06. The average molecular weight is 346 g/mol. The Balaban J connectivity index is 1.56. The zero-order chi connectivity index (χ0) is 18.1. The summed E-state index contributed by atoms with van der Waals surface area (Å²) < 4.78 is 0. The zero-order valence-corrected chi connectivity index (χ0v) is 14.4. The second-order valence-corrected chi connectivity index (χ2v) is 6.29. The summed E-state index contributed by atoms with van der Waals surface area (Å²) in [5.41, 5.74) is 2.50. The van der Waals surface area contributed by atoms with Crippen LogP contribution in [0.15, 0.2) is 60.8 Å². The molecule has 2 heterocycles. The first-order chi connectivity index (χ1) is 12.6. The molecule has 1 aliphatic heterocycles. The van der Waals surface area contributed by atoms with Crippen molar-refractivity contribution in [2.45, 2.75) is 12.5 Å². The van der Waals surface area contributed by atoms with Crippen molar-refractivity contribution in [3.63, 3.8) is 0 Å². The number of benzene rings is 2. The normalized spacial score (nSPS) is 16.9. The van der Waals surface area contributed by atoms with Crippen LogP contribution >= 0.6 is 0 Å². The predicted molar refractivity (Wildman–Crippen MR) is 98.8 cm³/mol. The SMILES string of the molecule is CN(C(=O)c1cnc2ccccc2n1)[C@@H]1CCN(c2ccccc2)C1=O. The van der Waals surface area contributed by atoms with Crippen LogP contribution in [0.3, 0.4) is 0 Å². The molecule has 0 radical (unpaired) electrons. The van der Waals surface area contributed by atoms with Crippen molar-refractivity contribution in [3.05, 3.63) is 66.5 Å². The maximum atomic E-state index is 12.8. The Kier molecular flexibility index (Phi) is 4.08. The molecule has 0 saturated carbocycles. The minimum atomic E-state index is -0.490.